The highest BCUT2D eigenvalue weighted by atomic mass is 15.4. The molecule has 21 heavy (non-hydrogen) atoms. The topological polar surface area (TPSA) is 58.9 Å². The van der Waals surface area contributed by atoms with Crippen LogP contribution < -0.4 is 0 Å². The predicted molar refractivity (Wildman–Crippen MR) is 82.1 cm³/mol. The van der Waals surface area contributed by atoms with E-state index in [0.29, 0.717) is 0 Å². The van der Waals surface area contributed by atoms with Gasteiger partial charge >= 0.3 is 0 Å². The first kappa shape index (κ1) is 12.1. The van der Waals surface area contributed by atoms with Crippen molar-refractivity contribution in [3.8, 4) is 11.1 Å². The van der Waals surface area contributed by atoms with Crippen LogP contribution in [0.5, 0.6) is 0 Å². The molecule has 0 unspecified atom stereocenters. The molecule has 1 N–H and O–H groups in total. The standard InChI is InChI=1S/C16H15N5/c1-2-4-11-9-13-12(6-8-17-16(13)20-11)14-10-19-21-15(14)5-3-7-18-21/h3,5-10H,2,4H2,1H3,(H,17,20). The number of nitrogens with zero attached hydrogens (tertiary/aromatic N) is 4. The molecule has 5 heteroatoms. The van der Waals surface area contributed by atoms with Crippen LogP contribution in [0, 0.1) is 0 Å². The van der Waals surface area contributed by atoms with E-state index >= 15 is 0 Å². The fourth-order valence-corrected chi connectivity index (χ4v) is 2.76. The maximum Gasteiger partial charge on any atom is 0.138 e. The molecule has 0 aliphatic rings. The Bertz CT molecular complexity index is 919. The van der Waals surface area contributed by atoms with E-state index in [2.05, 4.69) is 33.2 Å². The lowest BCUT2D eigenvalue weighted by molar-refractivity contribution is 0.800. The molecule has 0 atom stereocenters. The molecule has 0 aliphatic heterocycles. The van der Waals surface area contributed by atoms with Crippen molar-refractivity contribution in [3.05, 3.63) is 48.5 Å². The molecule has 0 fully saturated rings. The quantitative estimate of drug-likeness (QED) is 0.625. The van der Waals surface area contributed by atoms with E-state index in [1.807, 2.05) is 30.6 Å². The number of rotatable bonds is 3. The lowest BCUT2D eigenvalue weighted by Gasteiger charge is -2.00. The van der Waals surface area contributed by atoms with Gasteiger partial charge in [0.05, 0.1) is 11.7 Å². The zero-order chi connectivity index (χ0) is 14.2. The maximum atomic E-state index is 4.44. The summed E-state index contributed by atoms with van der Waals surface area (Å²) in [5, 5.41) is 9.68. The zero-order valence-electron chi connectivity index (χ0n) is 11.7. The Labute approximate surface area is 121 Å². The van der Waals surface area contributed by atoms with Gasteiger partial charge in [-0.2, -0.15) is 14.8 Å². The van der Waals surface area contributed by atoms with Gasteiger partial charge in [0.1, 0.15) is 5.65 Å². The van der Waals surface area contributed by atoms with Crippen molar-refractivity contribution in [1.82, 2.24) is 24.8 Å². The number of H-pyrrole nitrogens is 1. The number of pyridine rings is 1. The van der Waals surface area contributed by atoms with Gasteiger partial charge in [-0.05, 0) is 36.2 Å². The van der Waals surface area contributed by atoms with Gasteiger partial charge in [0.25, 0.3) is 0 Å². The van der Waals surface area contributed by atoms with Crippen LogP contribution >= 0.6 is 0 Å². The van der Waals surface area contributed by atoms with E-state index < -0.39 is 0 Å². The molecular weight excluding hydrogens is 262 g/mol. The summed E-state index contributed by atoms with van der Waals surface area (Å²) in [5.74, 6) is 0. The summed E-state index contributed by atoms with van der Waals surface area (Å²) in [6.45, 7) is 2.18. The van der Waals surface area contributed by atoms with Gasteiger partial charge in [0.2, 0.25) is 0 Å². The smallest absolute Gasteiger partial charge is 0.138 e. The number of hydrogen-bond donors (Lipinski definition) is 1. The monoisotopic (exact) mass is 277 g/mol. The second-order valence-electron chi connectivity index (χ2n) is 5.12. The highest BCUT2D eigenvalue weighted by molar-refractivity contribution is 5.97. The average molecular weight is 277 g/mol. The fourth-order valence-electron chi connectivity index (χ4n) is 2.76. The minimum absolute atomic E-state index is 0.930. The molecule has 5 nitrogen and oxygen atoms in total. The van der Waals surface area contributed by atoms with E-state index in [1.165, 1.54) is 5.69 Å². The molecule has 0 amide bonds. The Balaban J connectivity index is 1.97. The van der Waals surface area contributed by atoms with Crippen LogP contribution in [-0.2, 0) is 6.42 Å². The third-order valence-electron chi connectivity index (χ3n) is 3.70. The summed E-state index contributed by atoms with van der Waals surface area (Å²) >= 11 is 0. The molecule has 4 rings (SSSR count). The largest absolute Gasteiger partial charge is 0.343 e. The molecule has 104 valence electrons. The Morgan fingerprint density at radius 3 is 3.00 bits per heavy atom. The molecule has 0 spiro atoms. The molecule has 0 saturated carbocycles. The first-order chi connectivity index (χ1) is 10.4. The van der Waals surface area contributed by atoms with Crippen LogP contribution in [0.1, 0.15) is 19.0 Å². The minimum atomic E-state index is 0.930. The normalized spacial score (nSPS) is 11.5. The van der Waals surface area contributed by atoms with Crippen molar-refractivity contribution < 1.29 is 0 Å². The molecule has 0 saturated heterocycles. The number of aromatic nitrogens is 5. The summed E-state index contributed by atoms with van der Waals surface area (Å²) in [6, 6.07) is 8.19. The van der Waals surface area contributed by atoms with Crippen molar-refractivity contribution in [3.63, 3.8) is 0 Å². The molecular formula is C16H15N5. The van der Waals surface area contributed by atoms with Crippen LogP contribution in [0.25, 0.3) is 27.7 Å². The van der Waals surface area contributed by atoms with Crippen LogP contribution in [0.4, 0.5) is 0 Å². The van der Waals surface area contributed by atoms with Gasteiger partial charge < -0.3 is 4.98 Å². The fraction of sp³-hybridized carbons (Fsp3) is 0.188. The number of fused-ring (bicyclic) bond motifs is 2. The highest BCUT2D eigenvalue weighted by Crippen LogP contribution is 2.30. The van der Waals surface area contributed by atoms with Crippen LogP contribution in [0.2, 0.25) is 0 Å². The Morgan fingerprint density at radius 2 is 2.10 bits per heavy atom. The second-order valence-corrected chi connectivity index (χ2v) is 5.12. The average Bonchev–Trinajstić information content (AvgIpc) is 3.10. The number of nitrogens with one attached hydrogen (secondary N) is 1. The van der Waals surface area contributed by atoms with Crippen LogP contribution in [0.3, 0.4) is 0 Å². The lowest BCUT2D eigenvalue weighted by Crippen LogP contribution is -1.90. The third-order valence-corrected chi connectivity index (χ3v) is 3.70. The summed E-state index contributed by atoms with van der Waals surface area (Å²) in [4.78, 5) is 7.83. The maximum absolute atomic E-state index is 4.44. The van der Waals surface area contributed by atoms with Crippen molar-refractivity contribution in [2.45, 2.75) is 19.8 Å². The second kappa shape index (κ2) is 4.70. The van der Waals surface area contributed by atoms with E-state index in [0.717, 1.165) is 40.5 Å². The number of aromatic amines is 1. The van der Waals surface area contributed by atoms with E-state index in [-0.39, 0.29) is 0 Å². The van der Waals surface area contributed by atoms with Crippen molar-refractivity contribution >= 4 is 16.6 Å². The number of aryl methyl sites for hydroxylation is 1. The molecule has 0 bridgehead atoms. The van der Waals surface area contributed by atoms with E-state index in [9.17, 15) is 0 Å². The van der Waals surface area contributed by atoms with Gasteiger partial charge in [-0.1, -0.05) is 13.3 Å². The Kier molecular flexibility index (Phi) is 2.70. The summed E-state index contributed by atoms with van der Waals surface area (Å²) in [6.07, 6.45) is 7.59. The first-order valence-corrected chi connectivity index (χ1v) is 7.13. The summed E-state index contributed by atoms with van der Waals surface area (Å²) < 4.78 is 1.65. The van der Waals surface area contributed by atoms with Crippen LogP contribution in [0.15, 0.2) is 42.9 Å². The van der Waals surface area contributed by atoms with E-state index in [4.69, 9.17) is 0 Å². The Morgan fingerprint density at radius 1 is 1.14 bits per heavy atom. The van der Waals surface area contributed by atoms with Crippen molar-refractivity contribution in [2.75, 3.05) is 0 Å². The molecule has 4 heterocycles. The van der Waals surface area contributed by atoms with Gasteiger partial charge in [0, 0.05) is 29.0 Å². The molecule has 0 aromatic carbocycles. The molecule has 4 aromatic heterocycles. The Hall–Kier alpha value is -2.69. The minimum Gasteiger partial charge on any atom is -0.343 e. The van der Waals surface area contributed by atoms with Gasteiger partial charge in [-0.3, -0.25) is 0 Å². The molecule has 4 aromatic rings. The summed E-state index contributed by atoms with van der Waals surface area (Å²) in [7, 11) is 0. The predicted octanol–water partition coefficient (Wildman–Crippen LogP) is 3.23. The van der Waals surface area contributed by atoms with E-state index in [1.54, 1.807) is 10.8 Å². The van der Waals surface area contributed by atoms with Crippen molar-refractivity contribution in [2.24, 2.45) is 0 Å². The van der Waals surface area contributed by atoms with Gasteiger partial charge in [0.15, 0.2) is 0 Å². The zero-order valence-corrected chi connectivity index (χ0v) is 11.7. The van der Waals surface area contributed by atoms with Crippen LogP contribution in [-0.4, -0.2) is 24.8 Å². The lowest BCUT2D eigenvalue weighted by atomic mass is 10.1. The molecule has 0 aliphatic carbocycles. The first-order valence-electron chi connectivity index (χ1n) is 7.13. The van der Waals surface area contributed by atoms with Gasteiger partial charge in [-0.15, -0.1) is 0 Å². The van der Waals surface area contributed by atoms with Gasteiger partial charge in [-0.25, -0.2) is 4.98 Å². The molecule has 0 radical (unpaired) electrons. The van der Waals surface area contributed by atoms with Crippen molar-refractivity contribution in [1.29, 1.82) is 0 Å². The highest BCUT2D eigenvalue weighted by Gasteiger charge is 2.12. The summed E-state index contributed by atoms with van der Waals surface area (Å²) in [5.41, 5.74) is 5.38. The SMILES string of the molecule is CCCc1cc2c(-c3cnn4ncccc34)ccnc2[nH]1. The third kappa shape index (κ3) is 1.89. The number of hydrogen-bond acceptors (Lipinski definition) is 3.